The highest BCUT2D eigenvalue weighted by Gasteiger charge is 2.09. The molecule has 0 spiro atoms. The summed E-state index contributed by atoms with van der Waals surface area (Å²) in [6.45, 7) is 0. The van der Waals surface area contributed by atoms with Crippen LogP contribution in [0.15, 0.2) is 47.6 Å². The van der Waals surface area contributed by atoms with Crippen LogP contribution in [0.3, 0.4) is 0 Å². The summed E-state index contributed by atoms with van der Waals surface area (Å²) in [6.07, 6.45) is 1.48. The summed E-state index contributed by atoms with van der Waals surface area (Å²) in [6, 6.07) is 12.2. The molecule has 0 aromatic heterocycles. The van der Waals surface area contributed by atoms with Crippen molar-refractivity contribution >= 4 is 17.8 Å². The highest BCUT2D eigenvalue weighted by molar-refractivity contribution is 5.99. The predicted molar refractivity (Wildman–Crippen MR) is 85.5 cm³/mol. The lowest BCUT2D eigenvalue weighted by atomic mass is 10.2. The maximum atomic E-state index is 12.0. The van der Waals surface area contributed by atoms with Crippen molar-refractivity contribution in [2.24, 2.45) is 5.10 Å². The van der Waals surface area contributed by atoms with Crippen molar-refractivity contribution in [3.05, 3.63) is 53.6 Å². The monoisotopic (exact) mass is 299 g/mol. The Balaban J connectivity index is 2.13. The van der Waals surface area contributed by atoms with E-state index in [0.717, 1.165) is 0 Å². The highest BCUT2D eigenvalue weighted by Crippen LogP contribution is 2.29. The number of hydrogen-bond acceptors (Lipinski definition) is 5. The minimum Gasteiger partial charge on any atom is -0.493 e. The third kappa shape index (κ3) is 3.35. The van der Waals surface area contributed by atoms with E-state index in [1.807, 2.05) is 0 Å². The SMILES string of the molecule is COc1cccc(/C=N\NC(=O)c2ccccc2N)c1OC. The van der Waals surface area contributed by atoms with Gasteiger partial charge in [0, 0.05) is 11.3 Å². The van der Waals surface area contributed by atoms with Crippen LogP contribution < -0.4 is 20.6 Å². The van der Waals surface area contributed by atoms with Gasteiger partial charge in [0.15, 0.2) is 11.5 Å². The van der Waals surface area contributed by atoms with Crippen molar-refractivity contribution < 1.29 is 14.3 Å². The summed E-state index contributed by atoms with van der Waals surface area (Å²) in [5, 5.41) is 3.93. The van der Waals surface area contributed by atoms with Crippen LogP contribution in [-0.2, 0) is 0 Å². The first-order valence-corrected chi connectivity index (χ1v) is 6.56. The van der Waals surface area contributed by atoms with Crippen LogP contribution >= 0.6 is 0 Å². The van der Waals surface area contributed by atoms with E-state index in [9.17, 15) is 4.79 Å². The van der Waals surface area contributed by atoms with Gasteiger partial charge in [-0.1, -0.05) is 18.2 Å². The lowest BCUT2D eigenvalue weighted by molar-refractivity contribution is 0.0956. The first-order valence-electron chi connectivity index (χ1n) is 6.56. The summed E-state index contributed by atoms with van der Waals surface area (Å²) in [4.78, 5) is 12.0. The number of nitrogen functional groups attached to an aromatic ring is 1. The second-order valence-corrected chi connectivity index (χ2v) is 4.37. The average molecular weight is 299 g/mol. The van der Waals surface area contributed by atoms with E-state index in [1.165, 1.54) is 6.21 Å². The van der Waals surface area contributed by atoms with Gasteiger partial charge < -0.3 is 15.2 Å². The number of rotatable bonds is 5. The van der Waals surface area contributed by atoms with Gasteiger partial charge in [-0.25, -0.2) is 5.43 Å². The molecule has 0 saturated heterocycles. The zero-order valence-corrected chi connectivity index (χ0v) is 12.4. The smallest absolute Gasteiger partial charge is 0.273 e. The molecule has 114 valence electrons. The minimum atomic E-state index is -0.379. The molecule has 6 heteroatoms. The standard InChI is InChI=1S/C16H17N3O3/c1-21-14-9-5-6-11(15(14)22-2)10-18-19-16(20)12-7-3-4-8-13(12)17/h3-10H,17H2,1-2H3,(H,19,20)/b18-10-. The van der Waals surface area contributed by atoms with E-state index in [1.54, 1.807) is 56.7 Å². The molecule has 1 amide bonds. The molecule has 0 fully saturated rings. The molecule has 22 heavy (non-hydrogen) atoms. The Kier molecular flexibility index (Phi) is 4.98. The van der Waals surface area contributed by atoms with Crippen LogP contribution in [0.5, 0.6) is 11.5 Å². The van der Waals surface area contributed by atoms with Crippen LogP contribution in [0.25, 0.3) is 0 Å². The zero-order valence-electron chi connectivity index (χ0n) is 12.4. The van der Waals surface area contributed by atoms with E-state index < -0.39 is 0 Å². The van der Waals surface area contributed by atoms with Gasteiger partial charge in [0.2, 0.25) is 0 Å². The van der Waals surface area contributed by atoms with Crippen LogP contribution in [-0.4, -0.2) is 26.3 Å². The molecule has 3 N–H and O–H groups in total. The lowest BCUT2D eigenvalue weighted by Gasteiger charge is -2.09. The summed E-state index contributed by atoms with van der Waals surface area (Å²) in [5.74, 6) is 0.753. The number of methoxy groups -OCH3 is 2. The Morgan fingerprint density at radius 1 is 1.14 bits per heavy atom. The number of benzene rings is 2. The molecule has 2 aromatic rings. The van der Waals surface area contributed by atoms with E-state index in [4.69, 9.17) is 15.2 Å². The third-order valence-corrected chi connectivity index (χ3v) is 3.01. The molecule has 0 aliphatic carbocycles. The predicted octanol–water partition coefficient (Wildman–Crippen LogP) is 2.05. The van der Waals surface area contributed by atoms with Gasteiger partial charge in [-0.15, -0.1) is 0 Å². The van der Waals surface area contributed by atoms with Crippen molar-refractivity contribution in [2.45, 2.75) is 0 Å². The first kappa shape index (κ1) is 15.4. The Morgan fingerprint density at radius 2 is 1.91 bits per heavy atom. The van der Waals surface area contributed by atoms with Crippen molar-refractivity contribution in [2.75, 3.05) is 20.0 Å². The Morgan fingerprint density at radius 3 is 2.59 bits per heavy atom. The molecule has 0 saturated carbocycles. The van der Waals surface area contributed by atoms with Gasteiger partial charge in [0.05, 0.1) is 26.0 Å². The van der Waals surface area contributed by atoms with Crippen molar-refractivity contribution in [1.82, 2.24) is 5.43 Å². The topological polar surface area (TPSA) is 85.9 Å². The average Bonchev–Trinajstić information content (AvgIpc) is 2.54. The van der Waals surface area contributed by atoms with Gasteiger partial charge in [-0.2, -0.15) is 5.10 Å². The number of carbonyl (C=O) groups is 1. The number of anilines is 1. The number of para-hydroxylation sites is 2. The number of carbonyl (C=O) groups excluding carboxylic acids is 1. The number of amides is 1. The number of hydrazone groups is 1. The molecule has 2 aromatic carbocycles. The molecule has 0 aliphatic heterocycles. The Bertz CT molecular complexity index is 699. The van der Waals surface area contributed by atoms with E-state index in [2.05, 4.69) is 10.5 Å². The van der Waals surface area contributed by atoms with Crippen LogP contribution in [0, 0.1) is 0 Å². The fourth-order valence-electron chi connectivity index (χ4n) is 1.94. The number of nitrogens with two attached hydrogens (primary N) is 1. The Labute approximate surface area is 128 Å². The highest BCUT2D eigenvalue weighted by atomic mass is 16.5. The maximum absolute atomic E-state index is 12.0. The fraction of sp³-hybridized carbons (Fsp3) is 0.125. The maximum Gasteiger partial charge on any atom is 0.273 e. The second-order valence-electron chi connectivity index (χ2n) is 4.37. The summed E-state index contributed by atoms with van der Waals surface area (Å²) < 4.78 is 10.5. The van der Waals surface area contributed by atoms with Gasteiger partial charge in [0.1, 0.15) is 0 Å². The van der Waals surface area contributed by atoms with Crippen molar-refractivity contribution in [3.63, 3.8) is 0 Å². The van der Waals surface area contributed by atoms with Crippen molar-refractivity contribution in [3.8, 4) is 11.5 Å². The molecule has 0 aliphatic rings. The normalized spacial score (nSPS) is 10.5. The van der Waals surface area contributed by atoms with Gasteiger partial charge >= 0.3 is 0 Å². The first-order chi connectivity index (χ1) is 10.7. The number of ether oxygens (including phenoxy) is 2. The van der Waals surface area contributed by atoms with Crippen LogP contribution in [0.4, 0.5) is 5.69 Å². The number of nitrogens with zero attached hydrogens (tertiary/aromatic N) is 1. The third-order valence-electron chi connectivity index (χ3n) is 3.01. The molecule has 0 bridgehead atoms. The molecule has 0 radical (unpaired) electrons. The van der Waals surface area contributed by atoms with Crippen LogP contribution in [0.1, 0.15) is 15.9 Å². The second kappa shape index (κ2) is 7.12. The molecular formula is C16H17N3O3. The van der Waals surface area contributed by atoms with E-state index in [-0.39, 0.29) is 5.91 Å². The molecule has 6 nitrogen and oxygen atoms in total. The lowest BCUT2D eigenvalue weighted by Crippen LogP contribution is -2.19. The molecule has 0 atom stereocenters. The number of hydrogen-bond donors (Lipinski definition) is 2. The van der Waals surface area contributed by atoms with Crippen molar-refractivity contribution in [1.29, 1.82) is 0 Å². The molecule has 0 heterocycles. The molecular weight excluding hydrogens is 282 g/mol. The summed E-state index contributed by atoms with van der Waals surface area (Å²) in [5.41, 5.74) is 9.62. The van der Waals surface area contributed by atoms with Gasteiger partial charge in [-0.05, 0) is 24.3 Å². The summed E-state index contributed by atoms with van der Waals surface area (Å²) >= 11 is 0. The van der Waals surface area contributed by atoms with Gasteiger partial charge in [0.25, 0.3) is 5.91 Å². The van der Waals surface area contributed by atoms with Crippen LogP contribution in [0.2, 0.25) is 0 Å². The van der Waals surface area contributed by atoms with E-state index in [0.29, 0.717) is 28.3 Å². The fourth-order valence-corrected chi connectivity index (χ4v) is 1.94. The number of nitrogens with one attached hydrogen (secondary N) is 1. The summed E-state index contributed by atoms with van der Waals surface area (Å²) in [7, 11) is 3.09. The molecule has 2 rings (SSSR count). The zero-order chi connectivity index (χ0) is 15.9. The van der Waals surface area contributed by atoms with Gasteiger partial charge in [-0.3, -0.25) is 4.79 Å². The minimum absolute atomic E-state index is 0.372. The molecule has 0 unspecified atom stereocenters. The largest absolute Gasteiger partial charge is 0.493 e. The Hall–Kier alpha value is -3.02. The quantitative estimate of drug-likeness (QED) is 0.502. The van der Waals surface area contributed by atoms with E-state index >= 15 is 0 Å².